The fourth-order valence-electron chi connectivity index (χ4n) is 2.27. The maximum Gasteiger partial charge on any atom is 0.287 e. The van der Waals surface area contributed by atoms with Gasteiger partial charge in [-0.3, -0.25) is 4.79 Å². The first-order valence-corrected chi connectivity index (χ1v) is 7.18. The van der Waals surface area contributed by atoms with E-state index in [0.29, 0.717) is 17.9 Å². The maximum absolute atomic E-state index is 13.1. The van der Waals surface area contributed by atoms with E-state index in [2.05, 4.69) is 5.10 Å². The average Bonchev–Trinajstić information content (AvgIpc) is 2.89. The number of benzene rings is 1. The van der Waals surface area contributed by atoms with Gasteiger partial charge in [0, 0.05) is 6.42 Å². The molecule has 0 aromatic heterocycles. The minimum atomic E-state index is -3.43. The summed E-state index contributed by atoms with van der Waals surface area (Å²) in [4.78, 5) is 12.2. The first kappa shape index (κ1) is 18.2. The molecule has 0 saturated heterocycles. The summed E-state index contributed by atoms with van der Waals surface area (Å²) in [6.07, 6.45) is -8.01. The highest BCUT2D eigenvalue weighted by Gasteiger charge is 2.53. The van der Waals surface area contributed by atoms with Crippen molar-refractivity contribution in [2.45, 2.75) is 38.3 Å². The van der Waals surface area contributed by atoms with Crippen molar-refractivity contribution in [3.8, 4) is 5.75 Å². The number of alkyl halides is 4. The van der Waals surface area contributed by atoms with Crippen molar-refractivity contribution < 1.29 is 32.2 Å². The number of hydrogen-bond donors (Lipinski definition) is 1. The second kappa shape index (κ2) is 7.16. The van der Waals surface area contributed by atoms with Gasteiger partial charge in [0.1, 0.15) is 11.5 Å². The largest absolute Gasteiger partial charge is 0.494 e. The molecule has 1 N–H and O–H groups in total. The fourth-order valence-corrected chi connectivity index (χ4v) is 2.27. The summed E-state index contributed by atoms with van der Waals surface area (Å²) in [5.74, 6) is -0.436. The van der Waals surface area contributed by atoms with E-state index in [0.717, 1.165) is 0 Å². The topological polar surface area (TPSA) is 62.1 Å². The Hall–Kier alpha value is -2.16. The highest BCUT2D eigenvalue weighted by Crippen LogP contribution is 2.33. The van der Waals surface area contributed by atoms with Crippen LogP contribution in [0.4, 0.5) is 17.6 Å². The van der Waals surface area contributed by atoms with E-state index in [4.69, 9.17) is 4.74 Å². The summed E-state index contributed by atoms with van der Waals surface area (Å²) in [5.41, 5.74) is -3.55. The zero-order chi connectivity index (χ0) is 17.9. The van der Waals surface area contributed by atoms with Gasteiger partial charge in [-0.2, -0.15) is 10.1 Å². The number of amides is 1. The highest BCUT2D eigenvalue weighted by atomic mass is 19.3. The summed E-state index contributed by atoms with van der Waals surface area (Å²) in [6.45, 7) is 2.26. The number of ether oxygens (including phenoxy) is 1. The van der Waals surface area contributed by atoms with E-state index < -0.39 is 36.6 Å². The van der Waals surface area contributed by atoms with Gasteiger partial charge in [-0.15, -0.1) is 0 Å². The Kier molecular flexibility index (Phi) is 5.43. The van der Waals surface area contributed by atoms with Crippen molar-refractivity contribution in [3.63, 3.8) is 0 Å². The smallest absolute Gasteiger partial charge is 0.287 e. The summed E-state index contributed by atoms with van der Waals surface area (Å²) in [5, 5.41) is 13.2. The molecule has 2 rings (SSSR count). The maximum atomic E-state index is 13.1. The standard InChI is InChI=1S/C15H16F4N2O3/c1-2-24-10-5-3-9(4-6-10)7-12(22)21-15(23,14(18)19)8-11(20-21)13(16)17/h3-6,13-14,23H,2,7-8H2,1H3/t15-/m0/s1. The van der Waals surface area contributed by atoms with Crippen molar-refractivity contribution in [3.05, 3.63) is 29.8 Å². The lowest BCUT2D eigenvalue weighted by atomic mass is 10.1. The Labute approximate surface area is 135 Å². The van der Waals surface area contributed by atoms with Crippen LogP contribution in [0.15, 0.2) is 29.4 Å². The van der Waals surface area contributed by atoms with Crippen LogP contribution in [-0.2, 0) is 11.2 Å². The predicted octanol–water partition coefficient (Wildman–Crippen LogP) is 2.43. The van der Waals surface area contributed by atoms with Crippen LogP contribution in [0.1, 0.15) is 18.9 Å². The Morgan fingerprint density at radius 1 is 1.33 bits per heavy atom. The Morgan fingerprint density at radius 2 is 1.96 bits per heavy atom. The van der Waals surface area contributed by atoms with Crippen LogP contribution in [0, 0.1) is 0 Å². The van der Waals surface area contributed by atoms with Gasteiger partial charge in [0.15, 0.2) is 0 Å². The van der Waals surface area contributed by atoms with E-state index in [9.17, 15) is 27.5 Å². The van der Waals surface area contributed by atoms with Gasteiger partial charge in [-0.1, -0.05) is 12.1 Å². The number of halogens is 4. The summed E-state index contributed by atoms with van der Waals surface area (Å²) < 4.78 is 56.7. The molecule has 1 aliphatic heterocycles. The summed E-state index contributed by atoms with van der Waals surface area (Å²) in [7, 11) is 0. The van der Waals surface area contributed by atoms with Crippen LogP contribution < -0.4 is 4.74 Å². The zero-order valence-electron chi connectivity index (χ0n) is 12.8. The molecule has 1 heterocycles. The normalized spacial score (nSPS) is 20.7. The van der Waals surface area contributed by atoms with Gasteiger partial charge in [0.25, 0.3) is 12.9 Å². The van der Waals surface area contributed by atoms with Crippen molar-refractivity contribution >= 4 is 11.6 Å². The molecule has 1 aliphatic rings. The quantitative estimate of drug-likeness (QED) is 0.803. The molecule has 9 heteroatoms. The van der Waals surface area contributed by atoms with Gasteiger partial charge in [0.2, 0.25) is 11.6 Å². The third kappa shape index (κ3) is 3.66. The molecule has 1 aromatic carbocycles. The molecule has 0 radical (unpaired) electrons. The Balaban J connectivity index is 2.16. The molecule has 0 fully saturated rings. The number of carbonyl (C=O) groups is 1. The second-order valence-corrected chi connectivity index (χ2v) is 5.21. The molecule has 0 saturated carbocycles. The minimum Gasteiger partial charge on any atom is -0.494 e. The summed E-state index contributed by atoms with van der Waals surface area (Å²) >= 11 is 0. The number of carbonyl (C=O) groups excluding carboxylic acids is 1. The lowest BCUT2D eigenvalue weighted by molar-refractivity contribution is -0.191. The lowest BCUT2D eigenvalue weighted by Gasteiger charge is -2.30. The fraction of sp³-hybridized carbons (Fsp3) is 0.467. The molecular weight excluding hydrogens is 332 g/mol. The molecule has 132 valence electrons. The predicted molar refractivity (Wildman–Crippen MR) is 77.2 cm³/mol. The van der Waals surface area contributed by atoms with Crippen molar-refractivity contribution in [1.29, 1.82) is 0 Å². The molecule has 24 heavy (non-hydrogen) atoms. The molecule has 5 nitrogen and oxygen atoms in total. The van der Waals surface area contributed by atoms with E-state index in [-0.39, 0.29) is 11.4 Å². The third-order valence-corrected chi connectivity index (χ3v) is 3.46. The number of rotatable bonds is 6. The molecule has 0 bridgehead atoms. The van der Waals surface area contributed by atoms with Crippen LogP contribution in [0.25, 0.3) is 0 Å². The highest BCUT2D eigenvalue weighted by molar-refractivity contribution is 5.93. The Morgan fingerprint density at radius 3 is 2.46 bits per heavy atom. The molecular formula is C15H16F4N2O3. The summed E-state index contributed by atoms with van der Waals surface area (Å²) in [6, 6.07) is 6.25. The zero-order valence-corrected chi connectivity index (χ0v) is 12.8. The second-order valence-electron chi connectivity index (χ2n) is 5.21. The number of hydrazone groups is 1. The third-order valence-electron chi connectivity index (χ3n) is 3.46. The van der Waals surface area contributed by atoms with Crippen molar-refractivity contribution in [2.75, 3.05) is 6.61 Å². The first-order valence-electron chi connectivity index (χ1n) is 7.18. The molecule has 0 spiro atoms. The van der Waals surface area contributed by atoms with Crippen LogP contribution >= 0.6 is 0 Å². The van der Waals surface area contributed by atoms with E-state index in [1.165, 1.54) is 12.1 Å². The van der Waals surface area contributed by atoms with Gasteiger partial charge >= 0.3 is 0 Å². The van der Waals surface area contributed by atoms with Gasteiger partial charge in [0.05, 0.1) is 13.0 Å². The Bertz CT molecular complexity index is 622. The average molecular weight is 348 g/mol. The molecule has 1 aromatic rings. The van der Waals surface area contributed by atoms with Gasteiger partial charge in [-0.05, 0) is 24.6 Å². The van der Waals surface area contributed by atoms with E-state index in [1.807, 2.05) is 0 Å². The number of aliphatic hydroxyl groups is 1. The monoisotopic (exact) mass is 348 g/mol. The van der Waals surface area contributed by atoms with Crippen LogP contribution in [0.5, 0.6) is 5.75 Å². The molecule has 1 amide bonds. The minimum absolute atomic E-state index is 0.0651. The van der Waals surface area contributed by atoms with Crippen molar-refractivity contribution in [2.24, 2.45) is 5.10 Å². The van der Waals surface area contributed by atoms with Gasteiger partial charge in [-0.25, -0.2) is 17.6 Å². The lowest BCUT2D eigenvalue weighted by Crippen LogP contribution is -2.52. The number of nitrogens with zero attached hydrogens (tertiary/aromatic N) is 2. The first-order chi connectivity index (χ1) is 11.3. The van der Waals surface area contributed by atoms with Gasteiger partial charge < -0.3 is 9.84 Å². The van der Waals surface area contributed by atoms with E-state index >= 15 is 0 Å². The molecule has 0 aliphatic carbocycles. The molecule has 0 unspecified atom stereocenters. The van der Waals surface area contributed by atoms with Crippen LogP contribution in [0.3, 0.4) is 0 Å². The molecule has 1 atom stereocenters. The van der Waals surface area contributed by atoms with E-state index in [1.54, 1.807) is 19.1 Å². The number of hydrogen-bond acceptors (Lipinski definition) is 4. The van der Waals surface area contributed by atoms with Crippen molar-refractivity contribution in [1.82, 2.24) is 5.01 Å². The van der Waals surface area contributed by atoms with Crippen LogP contribution in [-0.4, -0.2) is 46.9 Å². The SMILES string of the molecule is CCOc1ccc(CC(=O)N2N=C(C(F)F)C[C@]2(O)C(F)F)cc1. The van der Waals surface area contributed by atoms with Crippen LogP contribution in [0.2, 0.25) is 0 Å².